The van der Waals surface area contributed by atoms with Crippen LogP contribution in [0.1, 0.15) is 245 Å². The molecule has 0 saturated heterocycles. The molecule has 0 aromatic heterocycles. The zero-order chi connectivity index (χ0) is 44.3. The third-order valence-electron chi connectivity index (χ3n) is 11.7. The highest BCUT2D eigenvalue weighted by atomic mass is 31.2. The molecule has 0 bridgehead atoms. The number of carbonyl (C=O) groups excluding carboxylic acids is 1. The number of likely N-dealkylation sites (N-methyl/N-ethyl adjacent to an activating group) is 1. The maximum atomic E-state index is 12.9. The lowest BCUT2D eigenvalue weighted by Crippen LogP contribution is -2.45. The van der Waals surface area contributed by atoms with Gasteiger partial charge in [0.1, 0.15) is 13.2 Å². The van der Waals surface area contributed by atoms with Gasteiger partial charge in [-0.25, -0.2) is 4.57 Å². The van der Waals surface area contributed by atoms with Crippen LogP contribution in [0.4, 0.5) is 0 Å². The summed E-state index contributed by atoms with van der Waals surface area (Å²) in [5, 5.41) is 13.9. The van der Waals surface area contributed by atoms with E-state index in [1.165, 1.54) is 186 Å². The van der Waals surface area contributed by atoms with E-state index >= 15 is 0 Å². The van der Waals surface area contributed by atoms with Crippen molar-refractivity contribution in [2.24, 2.45) is 0 Å². The first-order chi connectivity index (χ1) is 29.0. The number of unbranched alkanes of at least 4 members (excludes halogenated alkanes) is 32. The summed E-state index contributed by atoms with van der Waals surface area (Å²) in [6, 6.07) is -0.846. The summed E-state index contributed by atoms with van der Waals surface area (Å²) < 4.78 is 23.6. The average Bonchev–Trinajstić information content (AvgIpc) is 3.20. The van der Waals surface area contributed by atoms with Crippen LogP contribution in [0.15, 0.2) is 24.3 Å². The number of hydrogen-bond donors (Lipinski definition) is 3. The lowest BCUT2D eigenvalue weighted by atomic mass is 10.0. The van der Waals surface area contributed by atoms with E-state index in [9.17, 15) is 19.4 Å². The Bertz CT molecular complexity index is 1030. The molecule has 0 rings (SSSR count). The topological polar surface area (TPSA) is 105 Å². The summed E-state index contributed by atoms with van der Waals surface area (Å²) in [6.07, 6.45) is 52.5. The lowest BCUT2D eigenvalue weighted by molar-refractivity contribution is -0.870. The van der Waals surface area contributed by atoms with Gasteiger partial charge in [-0.2, -0.15) is 0 Å². The monoisotopic (exact) mass is 870 g/mol. The van der Waals surface area contributed by atoms with Gasteiger partial charge in [-0.3, -0.25) is 13.8 Å². The highest BCUT2D eigenvalue weighted by Crippen LogP contribution is 2.43. The second-order valence-electron chi connectivity index (χ2n) is 18.9. The van der Waals surface area contributed by atoms with E-state index in [2.05, 4.69) is 31.3 Å². The van der Waals surface area contributed by atoms with Crippen molar-refractivity contribution < 1.29 is 32.9 Å². The van der Waals surface area contributed by atoms with Crippen LogP contribution in [-0.2, 0) is 18.4 Å². The number of aliphatic hydroxyl groups is 1. The van der Waals surface area contributed by atoms with E-state index in [1.807, 2.05) is 27.2 Å². The highest BCUT2D eigenvalue weighted by Gasteiger charge is 2.27. The molecule has 0 aromatic rings. The molecule has 0 aromatic carbocycles. The largest absolute Gasteiger partial charge is 0.472 e. The molecule has 0 radical (unpaired) electrons. The fourth-order valence-corrected chi connectivity index (χ4v) is 8.30. The van der Waals surface area contributed by atoms with Gasteiger partial charge >= 0.3 is 7.82 Å². The first-order valence-corrected chi connectivity index (χ1v) is 27.2. The van der Waals surface area contributed by atoms with Crippen LogP contribution in [0.3, 0.4) is 0 Å². The minimum atomic E-state index is -4.34. The molecule has 3 N–H and O–H groups in total. The summed E-state index contributed by atoms with van der Waals surface area (Å²) in [5.74, 6) is -0.179. The molecule has 356 valence electrons. The van der Waals surface area contributed by atoms with Crippen molar-refractivity contribution in [1.29, 1.82) is 0 Å². The predicted molar refractivity (Wildman–Crippen MR) is 258 cm³/mol. The molecule has 0 spiro atoms. The third-order valence-corrected chi connectivity index (χ3v) is 12.6. The van der Waals surface area contributed by atoms with Gasteiger partial charge in [0.2, 0.25) is 5.91 Å². The van der Waals surface area contributed by atoms with E-state index < -0.39 is 20.0 Å². The van der Waals surface area contributed by atoms with Crippen LogP contribution in [0.5, 0.6) is 0 Å². The van der Waals surface area contributed by atoms with Crippen molar-refractivity contribution in [2.75, 3.05) is 40.9 Å². The zero-order valence-electron chi connectivity index (χ0n) is 40.5. The van der Waals surface area contributed by atoms with Gasteiger partial charge in [0.25, 0.3) is 0 Å². The van der Waals surface area contributed by atoms with Crippen molar-refractivity contribution in [3.8, 4) is 0 Å². The van der Waals surface area contributed by atoms with Crippen LogP contribution in [0.25, 0.3) is 0 Å². The van der Waals surface area contributed by atoms with Crippen molar-refractivity contribution in [1.82, 2.24) is 5.32 Å². The van der Waals surface area contributed by atoms with Gasteiger partial charge in [0.05, 0.1) is 39.9 Å². The van der Waals surface area contributed by atoms with E-state index in [0.29, 0.717) is 17.4 Å². The Morgan fingerprint density at radius 3 is 1.28 bits per heavy atom. The number of rotatable bonds is 47. The summed E-state index contributed by atoms with van der Waals surface area (Å²) in [6.45, 7) is 4.84. The van der Waals surface area contributed by atoms with Crippen molar-refractivity contribution >= 4 is 13.7 Å². The molecule has 9 heteroatoms. The first kappa shape index (κ1) is 59.0. The number of phosphoric acid groups is 1. The minimum absolute atomic E-state index is 0.0621. The predicted octanol–water partition coefficient (Wildman–Crippen LogP) is 14.9. The van der Waals surface area contributed by atoms with E-state index in [1.54, 1.807) is 6.08 Å². The smallest absolute Gasteiger partial charge is 0.387 e. The number of amides is 1. The number of quaternary nitrogens is 1. The molecule has 0 aliphatic rings. The zero-order valence-corrected chi connectivity index (χ0v) is 41.4. The summed E-state index contributed by atoms with van der Waals surface area (Å²) >= 11 is 0. The van der Waals surface area contributed by atoms with Gasteiger partial charge < -0.3 is 19.8 Å². The molecule has 3 unspecified atom stereocenters. The third kappa shape index (κ3) is 45.0. The second kappa shape index (κ2) is 43.2. The lowest BCUT2D eigenvalue weighted by Gasteiger charge is -2.25. The second-order valence-corrected chi connectivity index (χ2v) is 20.4. The number of aliphatic hydroxyl groups excluding tert-OH is 1. The van der Waals surface area contributed by atoms with Gasteiger partial charge in [0.15, 0.2) is 0 Å². The Kier molecular flexibility index (Phi) is 42.5. The summed E-state index contributed by atoms with van der Waals surface area (Å²) in [7, 11) is 1.58. The standard InChI is InChI=1S/C51H101N2O6P/c1-6-8-10-12-14-16-18-20-22-24-26-28-30-32-34-36-38-40-42-44-50(54)49(48-59-60(56,57)58-47-46-53(3,4)5)52-51(55)45-43-41-39-37-35-33-31-29-27-25-23-21-19-17-15-13-11-9-7-2/h25,27,42,44,49-50,54H,6-24,26,28-41,43,45-48H2,1-5H3,(H-,52,55,56,57)/p+1/b27-25-,44-42+. The SMILES string of the molecule is CCCCCCCCCC/C=C\CCCCCCCCCC(=O)NC(COP(=O)(O)OCC[N+](C)(C)C)C(O)/C=C/CCCCCCCCCCCCCCCCCCC. The van der Waals surface area contributed by atoms with Crippen LogP contribution in [0.2, 0.25) is 0 Å². The minimum Gasteiger partial charge on any atom is -0.387 e. The van der Waals surface area contributed by atoms with Gasteiger partial charge in [-0.05, 0) is 44.9 Å². The number of hydrogen-bond acceptors (Lipinski definition) is 5. The number of nitrogens with zero attached hydrogens (tertiary/aromatic N) is 1. The first-order valence-electron chi connectivity index (χ1n) is 25.7. The van der Waals surface area contributed by atoms with Crippen LogP contribution in [0, 0.1) is 0 Å². The number of nitrogens with one attached hydrogen (secondary N) is 1. The molecule has 0 aliphatic heterocycles. The maximum absolute atomic E-state index is 12.9. The van der Waals surface area contributed by atoms with E-state index in [4.69, 9.17) is 9.05 Å². The number of phosphoric ester groups is 1. The number of allylic oxidation sites excluding steroid dienone is 3. The molecule has 0 heterocycles. The van der Waals surface area contributed by atoms with Crippen LogP contribution in [-0.4, -0.2) is 73.4 Å². The van der Waals surface area contributed by atoms with Crippen LogP contribution >= 0.6 is 7.82 Å². The quantitative estimate of drug-likeness (QED) is 0.0243. The Balaban J connectivity index is 4.32. The van der Waals surface area contributed by atoms with Crippen LogP contribution < -0.4 is 5.32 Å². The fraction of sp³-hybridized carbons (Fsp3) is 0.902. The normalized spacial score (nSPS) is 14.3. The summed E-state index contributed by atoms with van der Waals surface area (Å²) in [4.78, 5) is 23.2. The summed E-state index contributed by atoms with van der Waals surface area (Å²) in [5.41, 5.74) is 0. The molecule has 1 amide bonds. The van der Waals surface area contributed by atoms with Crippen molar-refractivity contribution in [3.63, 3.8) is 0 Å². The Morgan fingerprint density at radius 2 is 0.900 bits per heavy atom. The van der Waals surface area contributed by atoms with E-state index in [0.717, 1.165) is 38.5 Å². The Labute approximate surface area is 373 Å². The highest BCUT2D eigenvalue weighted by molar-refractivity contribution is 7.47. The molecule has 0 aliphatic carbocycles. The molecular formula is C51H102N2O6P+. The molecule has 0 fully saturated rings. The Morgan fingerprint density at radius 1 is 0.550 bits per heavy atom. The van der Waals surface area contributed by atoms with Crippen molar-refractivity contribution in [3.05, 3.63) is 24.3 Å². The molecule has 8 nitrogen and oxygen atoms in total. The van der Waals surface area contributed by atoms with Gasteiger partial charge in [0, 0.05) is 6.42 Å². The fourth-order valence-electron chi connectivity index (χ4n) is 7.57. The molecule has 60 heavy (non-hydrogen) atoms. The molecule has 0 saturated carbocycles. The molecular weight excluding hydrogens is 768 g/mol. The maximum Gasteiger partial charge on any atom is 0.472 e. The average molecular weight is 870 g/mol. The van der Waals surface area contributed by atoms with E-state index in [-0.39, 0.29) is 19.1 Å². The van der Waals surface area contributed by atoms with Gasteiger partial charge in [-0.15, -0.1) is 0 Å². The number of carbonyl (C=O) groups is 1. The van der Waals surface area contributed by atoms with Crippen molar-refractivity contribution in [2.45, 2.75) is 257 Å². The molecule has 3 atom stereocenters. The Hall–Kier alpha value is -1.02. The van der Waals surface area contributed by atoms with Gasteiger partial charge in [-0.1, -0.05) is 218 Å².